The summed E-state index contributed by atoms with van der Waals surface area (Å²) in [6.45, 7) is 2.34. The molecule has 8 heteroatoms. The van der Waals surface area contributed by atoms with Crippen LogP contribution >= 0.6 is 31.9 Å². The highest BCUT2D eigenvalue weighted by atomic mass is 79.9. The van der Waals surface area contributed by atoms with E-state index in [4.69, 9.17) is 14.2 Å². The van der Waals surface area contributed by atoms with E-state index in [1.165, 1.54) is 7.11 Å². The Hall–Kier alpha value is -2.06. The zero-order valence-corrected chi connectivity index (χ0v) is 17.5. The summed E-state index contributed by atoms with van der Waals surface area (Å²) >= 11 is 6.75. The van der Waals surface area contributed by atoms with Crippen LogP contribution in [0.2, 0.25) is 0 Å². The summed E-state index contributed by atoms with van der Waals surface area (Å²) in [6, 6.07) is 10.9. The number of halogens is 2. The molecule has 2 aromatic carbocycles. The molecule has 0 bridgehead atoms. The maximum Gasteiger partial charge on any atom is 0.277 e. The fraction of sp³-hybridized carbons (Fsp3) is 0.222. The minimum atomic E-state index is -0.385. The van der Waals surface area contributed by atoms with Gasteiger partial charge in [-0.2, -0.15) is 5.10 Å². The molecule has 1 N–H and O–H groups in total. The van der Waals surface area contributed by atoms with E-state index in [0.29, 0.717) is 22.6 Å². The number of carbonyl (C=O) groups is 1. The summed E-state index contributed by atoms with van der Waals surface area (Å²) in [5, 5.41) is 3.91. The van der Waals surface area contributed by atoms with E-state index in [1.807, 2.05) is 31.2 Å². The largest absolute Gasteiger partial charge is 0.494 e. The summed E-state index contributed by atoms with van der Waals surface area (Å²) in [5.74, 6) is 1.36. The molecule has 1 amide bonds. The minimum Gasteiger partial charge on any atom is -0.494 e. The molecular formula is C18H18Br2N2O4. The van der Waals surface area contributed by atoms with Gasteiger partial charge >= 0.3 is 0 Å². The number of rotatable bonds is 8. The van der Waals surface area contributed by atoms with Gasteiger partial charge in [-0.15, -0.1) is 0 Å². The normalized spacial score (nSPS) is 10.6. The SMILES string of the molecule is CCOc1ccc(/C=N/NC(=O)COc2c(Br)cc(Br)cc2OC)cc1. The Morgan fingerprint density at radius 3 is 2.58 bits per heavy atom. The van der Waals surface area contributed by atoms with Gasteiger partial charge in [-0.1, -0.05) is 15.9 Å². The Morgan fingerprint density at radius 2 is 1.92 bits per heavy atom. The zero-order valence-electron chi connectivity index (χ0n) is 14.3. The summed E-state index contributed by atoms with van der Waals surface area (Å²) in [5.41, 5.74) is 3.26. The molecule has 0 saturated carbocycles. The van der Waals surface area contributed by atoms with Crippen molar-refractivity contribution in [3.05, 3.63) is 50.9 Å². The molecule has 0 saturated heterocycles. The molecule has 2 aromatic rings. The van der Waals surface area contributed by atoms with Crippen LogP contribution in [0, 0.1) is 0 Å². The first-order chi connectivity index (χ1) is 12.5. The van der Waals surface area contributed by atoms with Crippen LogP contribution in [-0.2, 0) is 4.79 Å². The van der Waals surface area contributed by atoms with Crippen LogP contribution in [0.5, 0.6) is 17.2 Å². The third-order valence-corrected chi connectivity index (χ3v) is 4.18. The number of hydrogen-bond acceptors (Lipinski definition) is 5. The van der Waals surface area contributed by atoms with Gasteiger partial charge in [0, 0.05) is 4.47 Å². The number of nitrogens with zero attached hydrogens (tertiary/aromatic N) is 1. The van der Waals surface area contributed by atoms with Crippen LogP contribution in [0.3, 0.4) is 0 Å². The number of carbonyl (C=O) groups excluding carboxylic acids is 1. The first-order valence-electron chi connectivity index (χ1n) is 7.74. The molecule has 0 aliphatic carbocycles. The summed E-state index contributed by atoms with van der Waals surface area (Å²) in [4.78, 5) is 11.9. The smallest absolute Gasteiger partial charge is 0.277 e. The van der Waals surface area contributed by atoms with Crippen molar-refractivity contribution in [3.8, 4) is 17.2 Å². The third-order valence-electron chi connectivity index (χ3n) is 3.14. The molecule has 0 aliphatic heterocycles. The molecule has 0 atom stereocenters. The number of nitrogens with one attached hydrogen (secondary N) is 1. The van der Waals surface area contributed by atoms with Crippen LogP contribution < -0.4 is 19.6 Å². The lowest BCUT2D eigenvalue weighted by Crippen LogP contribution is -2.24. The molecule has 6 nitrogen and oxygen atoms in total. The average molecular weight is 486 g/mol. The van der Waals surface area contributed by atoms with Gasteiger partial charge in [-0.25, -0.2) is 5.43 Å². The van der Waals surface area contributed by atoms with Crippen LogP contribution in [-0.4, -0.2) is 32.4 Å². The summed E-state index contributed by atoms with van der Waals surface area (Å²) in [7, 11) is 1.53. The second-order valence-corrected chi connectivity index (χ2v) is 6.77. The number of benzene rings is 2. The van der Waals surface area contributed by atoms with E-state index in [1.54, 1.807) is 18.3 Å². The fourth-order valence-corrected chi connectivity index (χ4v) is 3.29. The van der Waals surface area contributed by atoms with Crippen molar-refractivity contribution in [2.75, 3.05) is 20.3 Å². The van der Waals surface area contributed by atoms with Gasteiger partial charge in [0.25, 0.3) is 5.91 Å². The monoisotopic (exact) mass is 484 g/mol. The van der Waals surface area contributed by atoms with E-state index in [9.17, 15) is 4.79 Å². The zero-order chi connectivity index (χ0) is 18.9. The van der Waals surface area contributed by atoms with Crippen molar-refractivity contribution in [1.29, 1.82) is 0 Å². The highest BCUT2D eigenvalue weighted by Gasteiger charge is 2.12. The molecule has 2 rings (SSSR count). The first kappa shape index (κ1) is 20.3. The number of hydrogen-bond donors (Lipinski definition) is 1. The fourth-order valence-electron chi connectivity index (χ4n) is 1.99. The second-order valence-electron chi connectivity index (χ2n) is 5.00. The van der Waals surface area contributed by atoms with E-state index >= 15 is 0 Å². The summed E-state index contributed by atoms with van der Waals surface area (Å²) < 4.78 is 17.6. The van der Waals surface area contributed by atoms with E-state index in [2.05, 4.69) is 42.4 Å². The second kappa shape index (κ2) is 10.2. The van der Waals surface area contributed by atoms with E-state index < -0.39 is 0 Å². The van der Waals surface area contributed by atoms with Crippen LogP contribution in [0.25, 0.3) is 0 Å². The summed E-state index contributed by atoms with van der Waals surface area (Å²) in [6.07, 6.45) is 1.55. The number of ether oxygens (including phenoxy) is 3. The van der Waals surface area contributed by atoms with Gasteiger partial charge in [-0.3, -0.25) is 4.79 Å². The highest BCUT2D eigenvalue weighted by molar-refractivity contribution is 9.11. The van der Waals surface area contributed by atoms with E-state index in [0.717, 1.165) is 15.8 Å². The van der Waals surface area contributed by atoms with Crippen molar-refractivity contribution in [3.63, 3.8) is 0 Å². The molecule has 0 fully saturated rings. The molecule has 0 radical (unpaired) electrons. The topological polar surface area (TPSA) is 69.2 Å². The Labute approximate surface area is 168 Å². The van der Waals surface area contributed by atoms with Gasteiger partial charge in [0.15, 0.2) is 18.1 Å². The average Bonchev–Trinajstić information content (AvgIpc) is 2.62. The molecule has 0 unspecified atom stereocenters. The van der Waals surface area contributed by atoms with Crippen molar-refractivity contribution in [2.24, 2.45) is 5.10 Å². The quantitative estimate of drug-likeness (QED) is 0.450. The maximum absolute atomic E-state index is 11.9. The molecule has 0 spiro atoms. The molecule has 0 aromatic heterocycles. The standard InChI is InChI=1S/C18H18Br2N2O4/c1-3-25-14-6-4-12(5-7-14)10-21-22-17(23)11-26-18-15(20)8-13(19)9-16(18)24-2/h4-10H,3,11H2,1-2H3,(H,22,23)/b21-10+. The minimum absolute atomic E-state index is 0.197. The Bertz CT molecular complexity index is 780. The molecule has 0 heterocycles. The van der Waals surface area contributed by atoms with E-state index in [-0.39, 0.29) is 12.5 Å². The van der Waals surface area contributed by atoms with Gasteiger partial charge in [0.1, 0.15) is 5.75 Å². The Balaban J connectivity index is 1.87. The van der Waals surface area contributed by atoms with Crippen molar-refractivity contribution in [1.82, 2.24) is 5.43 Å². The first-order valence-corrected chi connectivity index (χ1v) is 9.32. The molecule has 138 valence electrons. The maximum atomic E-state index is 11.9. The van der Waals surface area contributed by atoms with Crippen LogP contribution in [0.15, 0.2) is 50.4 Å². The van der Waals surface area contributed by atoms with Crippen molar-refractivity contribution >= 4 is 44.0 Å². The number of hydrazone groups is 1. The van der Waals surface area contributed by atoms with Gasteiger partial charge in [0.05, 0.1) is 24.4 Å². The van der Waals surface area contributed by atoms with Crippen molar-refractivity contribution in [2.45, 2.75) is 6.92 Å². The lowest BCUT2D eigenvalue weighted by molar-refractivity contribution is -0.123. The van der Waals surface area contributed by atoms with Crippen LogP contribution in [0.4, 0.5) is 0 Å². The Morgan fingerprint density at radius 1 is 1.19 bits per heavy atom. The molecule has 26 heavy (non-hydrogen) atoms. The predicted octanol–water partition coefficient (Wildman–Crippen LogP) is 4.15. The van der Waals surface area contributed by atoms with Gasteiger partial charge in [-0.05, 0) is 64.8 Å². The lowest BCUT2D eigenvalue weighted by Gasteiger charge is -2.12. The van der Waals surface area contributed by atoms with Crippen molar-refractivity contribution < 1.29 is 19.0 Å². The van der Waals surface area contributed by atoms with Gasteiger partial charge in [0.2, 0.25) is 0 Å². The predicted molar refractivity (Wildman–Crippen MR) is 107 cm³/mol. The Kier molecular flexibility index (Phi) is 7.93. The third kappa shape index (κ3) is 6.03. The number of amides is 1. The lowest BCUT2D eigenvalue weighted by atomic mass is 10.2. The number of methoxy groups -OCH3 is 1. The van der Waals surface area contributed by atoms with Gasteiger partial charge < -0.3 is 14.2 Å². The molecular weight excluding hydrogens is 468 g/mol. The molecule has 0 aliphatic rings. The highest BCUT2D eigenvalue weighted by Crippen LogP contribution is 2.38. The van der Waals surface area contributed by atoms with Crippen LogP contribution in [0.1, 0.15) is 12.5 Å².